The lowest BCUT2D eigenvalue weighted by molar-refractivity contribution is 0.341. The van der Waals surface area contributed by atoms with Gasteiger partial charge in [0.15, 0.2) is 17.4 Å². The van der Waals surface area contributed by atoms with Crippen LogP contribution in [0.2, 0.25) is 0 Å². The fraction of sp³-hybridized carbons (Fsp3) is 0.310. The summed E-state index contributed by atoms with van der Waals surface area (Å²) < 4.78 is 7.29. The van der Waals surface area contributed by atoms with Crippen LogP contribution in [-0.4, -0.2) is 43.1 Å². The molecule has 0 aliphatic carbocycles. The topological polar surface area (TPSA) is 107 Å². The zero-order valence-electron chi connectivity index (χ0n) is 21.8. The molecule has 8 nitrogen and oxygen atoms in total. The number of nitrogens with zero attached hydrogens (tertiary/aromatic N) is 6. The maximum Gasteiger partial charge on any atom is 0.257 e. The maximum atomic E-state index is 13.5. The molecule has 0 radical (unpaired) electrons. The molecule has 0 saturated heterocycles. The second kappa shape index (κ2) is 13.0. The molecule has 1 aromatic carbocycles. The molecule has 0 spiro atoms. The Morgan fingerprint density at radius 3 is 2.55 bits per heavy atom. The number of thioether (sulfide) groups is 1. The highest BCUT2D eigenvalue weighted by molar-refractivity contribution is 7.98. The van der Waals surface area contributed by atoms with E-state index >= 15 is 0 Å². The van der Waals surface area contributed by atoms with Gasteiger partial charge in [-0.15, -0.1) is 0 Å². The van der Waals surface area contributed by atoms with Crippen LogP contribution >= 0.6 is 11.8 Å². The number of ether oxygens (including phenoxy) is 1. The molecule has 0 N–H and O–H groups in total. The van der Waals surface area contributed by atoms with Crippen molar-refractivity contribution in [1.82, 2.24) is 24.5 Å². The van der Waals surface area contributed by atoms with E-state index in [2.05, 4.69) is 27.9 Å². The molecule has 0 fully saturated rings. The molecular formula is C29H30N6O2S. The Kier molecular flexibility index (Phi) is 9.22. The summed E-state index contributed by atoms with van der Waals surface area (Å²) in [6, 6.07) is 13.3. The minimum Gasteiger partial charge on any atom is -0.489 e. The van der Waals surface area contributed by atoms with Gasteiger partial charge in [-0.2, -0.15) is 17.0 Å². The predicted octanol–water partition coefficient (Wildman–Crippen LogP) is 5.08. The molecule has 3 aromatic heterocycles. The van der Waals surface area contributed by atoms with Crippen LogP contribution in [0.4, 0.5) is 0 Å². The van der Waals surface area contributed by atoms with Crippen molar-refractivity contribution in [3.8, 4) is 34.7 Å². The van der Waals surface area contributed by atoms with E-state index in [1.165, 1.54) is 0 Å². The molecule has 38 heavy (non-hydrogen) atoms. The van der Waals surface area contributed by atoms with Crippen LogP contribution in [0, 0.1) is 18.3 Å². The highest BCUT2D eigenvalue weighted by atomic mass is 32.2. The summed E-state index contributed by atoms with van der Waals surface area (Å²) in [6.07, 6.45) is 9.65. The monoisotopic (exact) mass is 526 g/mol. The normalized spacial score (nSPS) is 10.8. The lowest BCUT2D eigenvalue weighted by Gasteiger charge is -2.15. The van der Waals surface area contributed by atoms with E-state index in [0.29, 0.717) is 40.8 Å². The van der Waals surface area contributed by atoms with Crippen molar-refractivity contribution in [1.29, 1.82) is 5.26 Å². The van der Waals surface area contributed by atoms with Crippen LogP contribution in [0.5, 0.6) is 5.75 Å². The van der Waals surface area contributed by atoms with Crippen LogP contribution in [0.15, 0.2) is 59.8 Å². The van der Waals surface area contributed by atoms with Gasteiger partial charge in [-0.05, 0) is 43.7 Å². The molecule has 9 heteroatoms. The van der Waals surface area contributed by atoms with Gasteiger partial charge < -0.3 is 4.74 Å². The molecule has 0 atom stereocenters. The van der Waals surface area contributed by atoms with Crippen LogP contribution in [0.25, 0.3) is 22.9 Å². The fourth-order valence-corrected chi connectivity index (χ4v) is 4.26. The molecule has 0 aliphatic heterocycles. The van der Waals surface area contributed by atoms with Crippen molar-refractivity contribution >= 4 is 11.8 Å². The average molecular weight is 527 g/mol. The lowest BCUT2D eigenvalue weighted by Crippen LogP contribution is -2.28. The van der Waals surface area contributed by atoms with Gasteiger partial charge in [-0.25, -0.2) is 15.0 Å². The van der Waals surface area contributed by atoms with Crippen LogP contribution in [0.1, 0.15) is 42.1 Å². The molecule has 0 saturated carbocycles. The second-order valence-corrected chi connectivity index (χ2v) is 9.78. The largest absolute Gasteiger partial charge is 0.489 e. The number of aromatic nitrogens is 5. The Balaban J connectivity index is 1.69. The smallest absolute Gasteiger partial charge is 0.257 e. The van der Waals surface area contributed by atoms with E-state index < -0.39 is 0 Å². The van der Waals surface area contributed by atoms with Gasteiger partial charge in [0, 0.05) is 23.1 Å². The molecule has 0 amide bonds. The minimum atomic E-state index is -0.121. The quantitative estimate of drug-likeness (QED) is 0.249. The second-order valence-electron chi connectivity index (χ2n) is 8.79. The number of pyridine rings is 1. The summed E-state index contributed by atoms with van der Waals surface area (Å²) in [4.78, 5) is 32.0. The molecular weight excluding hydrogens is 496 g/mol. The van der Waals surface area contributed by atoms with Gasteiger partial charge >= 0.3 is 0 Å². The molecule has 194 valence electrons. The third-order valence-corrected chi connectivity index (χ3v) is 6.71. The first-order valence-electron chi connectivity index (χ1n) is 12.5. The molecule has 0 aliphatic rings. The third kappa shape index (κ3) is 6.26. The predicted molar refractivity (Wildman–Crippen MR) is 150 cm³/mol. The SMILES string of the molecule is CCCCc1nc(-c2ncc(OCCSC)cn2)n(Cc2ccc(-c3ccccc3C#N)nc2)c(=O)c1C. The Hall–Kier alpha value is -4.03. The third-order valence-electron chi connectivity index (χ3n) is 6.14. The summed E-state index contributed by atoms with van der Waals surface area (Å²) in [7, 11) is 0. The van der Waals surface area contributed by atoms with Gasteiger partial charge in [-0.1, -0.05) is 37.6 Å². The van der Waals surface area contributed by atoms with E-state index in [9.17, 15) is 10.1 Å². The number of aryl methyl sites for hydroxylation is 1. The summed E-state index contributed by atoms with van der Waals surface area (Å²) in [5, 5.41) is 9.43. The van der Waals surface area contributed by atoms with E-state index in [-0.39, 0.29) is 12.1 Å². The van der Waals surface area contributed by atoms with Crippen molar-refractivity contribution in [2.24, 2.45) is 0 Å². The van der Waals surface area contributed by atoms with E-state index in [4.69, 9.17) is 9.72 Å². The van der Waals surface area contributed by atoms with Crippen molar-refractivity contribution < 1.29 is 4.74 Å². The van der Waals surface area contributed by atoms with Crippen molar-refractivity contribution in [2.45, 2.75) is 39.7 Å². The van der Waals surface area contributed by atoms with Crippen LogP contribution in [0.3, 0.4) is 0 Å². The van der Waals surface area contributed by atoms with Crippen LogP contribution in [-0.2, 0) is 13.0 Å². The van der Waals surface area contributed by atoms with Gasteiger partial charge in [0.1, 0.15) is 0 Å². The van der Waals surface area contributed by atoms with E-state index in [0.717, 1.165) is 41.8 Å². The molecule has 0 bridgehead atoms. The van der Waals surface area contributed by atoms with Gasteiger partial charge in [0.2, 0.25) is 0 Å². The Labute approximate surface area is 226 Å². The van der Waals surface area contributed by atoms with E-state index in [1.54, 1.807) is 41.0 Å². The standard InChI is InChI=1S/C29H30N6O2S/c1-4-5-10-25-20(2)29(36)35(28(34-25)27-32-17-23(18-33-27)37-13-14-38-3)19-21-11-12-26(31-16-21)24-9-7-6-8-22(24)15-30/h6-9,11-12,16-18H,4-5,10,13-14,19H2,1-3H3. The highest BCUT2D eigenvalue weighted by Gasteiger charge is 2.18. The summed E-state index contributed by atoms with van der Waals surface area (Å²) in [5.41, 5.74) is 4.13. The molecule has 4 rings (SSSR count). The van der Waals surface area contributed by atoms with Crippen molar-refractivity contribution in [2.75, 3.05) is 18.6 Å². The zero-order valence-corrected chi connectivity index (χ0v) is 22.7. The van der Waals surface area contributed by atoms with Crippen LogP contribution < -0.4 is 10.3 Å². The molecule has 0 unspecified atom stereocenters. The van der Waals surface area contributed by atoms with Gasteiger partial charge in [0.25, 0.3) is 5.56 Å². The number of hydrogen-bond donors (Lipinski definition) is 0. The first-order chi connectivity index (χ1) is 18.5. The summed E-state index contributed by atoms with van der Waals surface area (Å²) in [5.74, 6) is 2.23. The Morgan fingerprint density at radius 2 is 1.87 bits per heavy atom. The van der Waals surface area contributed by atoms with Gasteiger partial charge in [0.05, 0.1) is 48.6 Å². The minimum absolute atomic E-state index is 0.121. The number of hydrogen-bond acceptors (Lipinski definition) is 8. The van der Waals surface area contributed by atoms with E-state index in [1.807, 2.05) is 43.5 Å². The molecule has 4 aromatic rings. The number of benzene rings is 1. The number of unbranched alkanes of at least 4 members (excludes halogenated alkanes) is 1. The average Bonchev–Trinajstić information content (AvgIpc) is 2.96. The Bertz CT molecular complexity index is 1480. The van der Waals surface area contributed by atoms with Gasteiger partial charge in [-0.3, -0.25) is 14.3 Å². The highest BCUT2D eigenvalue weighted by Crippen LogP contribution is 2.22. The maximum absolute atomic E-state index is 13.5. The summed E-state index contributed by atoms with van der Waals surface area (Å²) in [6.45, 7) is 4.77. The van der Waals surface area contributed by atoms with Crippen molar-refractivity contribution in [3.05, 3.63) is 87.7 Å². The first kappa shape index (κ1) is 27.0. The summed E-state index contributed by atoms with van der Waals surface area (Å²) >= 11 is 1.70. The lowest BCUT2D eigenvalue weighted by atomic mass is 10.0. The molecule has 3 heterocycles. The number of rotatable bonds is 11. The number of nitriles is 1. The van der Waals surface area contributed by atoms with Crippen molar-refractivity contribution in [3.63, 3.8) is 0 Å². The Morgan fingerprint density at radius 1 is 1.08 bits per heavy atom. The first-order valence-corrected chi connectivity index (χ1v) is 13.9. The fourth-order valence-electron chi connectivity index (χ4n) is 4.01. The zero-order chi connectivity index (χ0) is 26.9.